The fourth-order valence-electron chi connectivity index (χ4n) is 1.75. The van der Waals surface area contributed by atoms with Gasteiger partial charge in [0, 0.05) is 4.88 Å². The molecule has 0 saturated carbocycles. The molecule has 0 aromatic carbocycles. The molecule has 0 radical (unpaired) electrons. The number of H-pyrrole nitrogens is 1. The van der Waals surface area contributed by atoms with Crippen LogP contribution in [-0.2, 0) is 0 Å². The summed E-state index contributed by atoms with van der Waals surface area (Å²) in [6.45, 7) is 5.03. The smallest absolute Gasteiger partial charge is 0.284 e. The summed E-state index contributed by atoms with van der Waals surface area (Å²) < 4.78 is 29.6. The molecule has 0 unspecified atom stereocenters. The number of anilines is 1. The van der Waals surface area contributed by atoms with E-state index in [2.05, 4.69) is 19.9 Å². The number of nitrogens with zero attached hydrogens (tertiary/aromatic N) is 2. The predicted octanol–water partition coefficient (Wildman–Crippen LogP) is 2.98. The van der Waals surface area contributed by atoms with Crippen molar-refractivity contribution in [2.45, 2.75) is 27.2 Å². The third-order valence-corrected chi connectivity index (χ3v) is 3.52. The summed E-state index contributed by atoms with van der Waals surface area (Å²) in [7, 11) is 0. The summed E-state index contributed by atoms with van der Waals surface area (Å²) in [5.74, 6) is -0.449. The lowest BCUT2D eigenvalue weighted by atomic mass is 10.2. The minimum atomic E-state index is -2.75. The largest absolute Gasteiger partial charge is 0.319 e. The fraction of sp³-hybridized carbons (Fsp3) is 0.364. The summed E-state index contributed by atoms with van der Waals surface area (Å²) in [6.07, 6.45) is -2.75. The Morgan fingerprint density at radius 1 is 1.37 bits per heavy atom. The number of aromatic nitrogens is 3. The monoisotopic (exact) mass is 286 g/mol. The van der Waals surface area contributed by atoms with Gasteiger partial charge >= 0.3 is 0 Å². The number of halogens is 2. The molecule has 0 aliphatic carbocycles. The van der Waals surface area contributed by atoms with Crippen LogP contribution in [0.15, 0.2) is 0 Å². The van der Waals surface area contributed by atoms with E-state index in [1.807, 2.05) is 0 Å². The van der Waals surface area contributed by atoms with E-state index in [1.54, 1.807) is 20.8 Å². The van der Waals surface area contributed by atoms with Gasteiger partial charge in [-0.3, -0.25) is 9.89 Å². The Hall–Kier alpha value is -1.83. The molecule has 0 aliphatic rings. The number of amides is 1. The molecule has 1 amide bonds. The highest BCUT2D eigenvalue weighted by atomic mass is 32.1. The number of aryl methyl sites for hydroxylation is 3. The van der Waals surface area contributed by atoms with Gasteiger partial charge in [0.15, 0.2) is 5.69 Å². The highest BCUT2D eigenvalue weighted by Crippen LogP contribution is 2.28. The topological polar surface area (TPSA) is 70.7 Å². The molecule has 0 bridgehead atoms. The Morgan fingerprint density at radius 2 is 2.05 bits per heavy atom. The van der Waals surface area contributed by atoms with Crippen molar-refractivity contribution in [3.05, 3.63) is 27.5 Å². The van der Waals surface area contributed by atoms with Crippen LogP contribution in [0.3, 0.4) is 0 Å². The molecule has 0 fully saturated rings. The maximum Gasteiger partial charge on any atom is 0.284 e. The number of carbonyl (C=O) groups excluding carboxylic acids is 1. The summed E-state index contributed by atoms with van der Waals surface area (Å²) in [6, 6.07) is 0. The summed E-state index contributed by atoms with van der Waals surface area (Å²) in [4.78, 5) is 12.9. The molecule has 2 N–H and O–H groups in total. The quantitative estimate of drug-likeness (QED) is 0.911. The average Bonchev–Trinajstić information content (AvgIpc) is 2.84. The fourth-order valence-corrected chi connectivity index (χ4v) is 2.44. The minimum Gasteiger partial charge on any atom is -0.319 e. The molecule has 102 valence electrons. The molecule has 8 heteroatoms. The number of rotatable bonds is 3. The van der Waals surface area contributed by atoms with Gasteiger partial charge in [-0.05, 0) is 32.3 Å². The number of hydrogen-bond acceptors (Lipinski definition) is 4. The Labute approximate surface area is 112 Å². The van der Waals surface area contributed by atoms with Crippen LogP contribution in [0.2, 0.25) is 0 Å². The second-order valence-corrected chi connectivity index (χ2v) is 5.04. The zero-order valence-electron chi connectivity index (χ0n) is 10.5. The van der Waals surface area contributed by atoms with Crippen molar-refractivity contribution in [3.63, 3.8) is 0 Å². The molecular weight excluding hydrogens is 274 g/mol. The van der Waals surface area contributed by atoms with Crippen molar-refractivity contribution in [3.8, 4) is 0 Å². The number of alkyl halides is 2. The standard InChI is InChI=1S/C11H12F2N4OS/c1-4-7(6(3)19-17-4)11(18)14-8-5(2)15-16-9(8)10(12)13/h10H,1-3H3,(H,14,18)(H,15,16). The van der Waals surface area contributed by atoms with Crippen LogP contribution < -0.4 is 5.32 Å². The third kappa shape index (κ3) is 2.48. The van der Waals surface area contributed by atoms with E-state index in [9.17, 15) is 13.6 Å². The first kappa shape index (κ1) is 13.6. The van der Waals surface area contributed by atoms with Gasteiger partial charge in [-0.1, -0.05) is 0 Å². The first-order valence-corrected chi connectivity index (χ1v) is 6.26. The van der Waals surface area contributed by atoms with E-state index in [1.165, 1.54) is 11.5 Å². The number of aromatic amines is 1. The normalized spacial score (nSPS) is 11.1. The molecule has 0 aliphatic heterocycles. The molecule has 2 aromatic heterocycles. The maximum atomic E-state index is 12.7. The van der Waals surface area contributed by atoms with Gasteiger partial charge in [0.1, 0.15) is 0 Å². The SMILES string of the molecule is Cc1nsc(C)c1C(=O)Nc1c(C(F)F)n[nH]c1C. The van der Waals surface area contributed by atoms with Gasteiger partial charge < -0.3 is 5.32 Å². The summed E-state index contributed by atoms with van der Waals surface area (Å²) in [5.41, 5.74) is 0.974. The molecule has 5 nitrogen and oxygen atoms in total. The first-order chi connectivity index (χ1) is 8.91. The lowest BCUT2D eigenvalue weighted by Crippen LogP contribution is -2.15. The molecule has 0 saturated heterocycles. The molecule has 0 atom stereocenters. The van der Waals surface area contributed by atoms with E-state index in [4.69, 9.17) is 0 Å². The molecule has 2 rings (SSSR count). The second kappa shape index (κ2) is 5.04. The van der Waals surface area contributed by atoms with E-state index < -0.39 is 18.0 Å². The number of nitrogens with one attached hydrogen (secondary N) is 2. The van der Waals surface area contributed by atoms with E-state index >= 15 is 0 Å². The van der Waals surface area contributed by atoms with Gasteiger partial charge in [0.25, 0.3) is 12.3 Å². The Morgan fingerprint density at radius 3 is 2.58 bits per heavy atom. The molecule has 19 heavy (non-hydrogen) atoms. The van der Waals surface area contributed by atoms with Gasteiger partial charge in [-0.25, -0.2) is 8.78 Å². The molecule has 2 heterocycles. The van der Waals surface area contributed by atoms with Crippen LogP contribution in [0.5, 0.6) is 0 Å². The molecule has 2 aromatic rings. The minimum absolute atomic E-state index is 0.0324. The Bertz CT molecular complexity index is 601. The zero-order valence-corrected chi connectivity index (χ0v) is 11.4. The predicted molar refractivity (Wildman–Crippen MR) is 67.8 cm³/mol. The van der Waals surface area contributed by atoms with Crippen LogP contribution in [0, 0.1) is 20.8 Å². The van der Waals surface area contributed by atoms with Gasteiger partial charge in [-0.2, -0.15) is 9.47 Å². The maximum absolute atomic E-state index is 12.7. The molecular formula is C11H12F2N4OS. The van der Waals surface area contributed by atoms with E-state index in [0.717, 1.165) is 4.88 Å². The molecule has 0 spiro atoms. The van der Waals surface area contributed by atoms with E-state index in [0.29, 0.717) is 17.0 Å². The summed E-state index contributed by atoms with van der Waals surface area (Å²) in [5, 5.41) is 8.41. The lowest BCUT2D eigenvalue weighted by Gasteiger charge is -2.06. The number of hydrogen-bond donors (Lipinski definition) is 2. The highest BCUT2D eigenvalue weighted by molar-refractivity contribution is 7.06. The van der Waals surface area contributed by atoms with Crippen LogP contribution in [-0.4, -0.2) is 20.5 Å². The van der Waals surface area contributed by atoms with Crippen LogP contribution in [0.1, 0.15) is 38.7 Å². The first-order valence-electron chi connectivity index (χ1n) is 5.49. The van der Waals surface area contributed by atoms with Gasteiger partial charge in [0.2, 0.25) is 0 Å². The van der Waals surface area contributed by atoms with Crippen molar-refractivity contribution in [2.75, 3.05) is 5.32 Å². The van der Waals surface area contributed by atoms with Crippen molar-refractivity contribution >= 4 is 23.1 Å². The van der Waals surface area contributed by atoms with Crippen molar-refractivity contribution in [2.24, 2.45) is 0 Å². The van der Waals surface area contributed by atoms with Crippen LogP contribution >= 0.6 is 11.5 Å². The van der Waals surface area contributed by atoms with E-state index in [-0.39, 0.29) is 5.69 Å². The third-order valence-electron chi connectivity index (χ3n) is 2.68. The lowest BCUT2D eigenvalue weighted by molar-refractivity contribution is 0.102. The Balaban J connectivity index is 2.32. The number of carbonyl (C=O) groups is 1. The Kier molecular flexibility index (Phi) is 3.61. The van der Waals surface area contributed by atoms with Crippen molar-refractivity contribution in [1.29, 1.82) is 0 Å². The van der Waals surface area contributed by atoms with Crippen LogP contribution in [0.25, 0.3) is 0 Å². The summed E-state index contributed by atoms with van der Waals surface area (Å²) >= 11 is 1.20. The average molecular weight is 286 g/mol. The van der Waals surface area contributed by atoms with Gasteiger partial charge in [-0.15, -0.1) is 0 Å². The second-order valence-electron chi connectivity index (χ2n) is 4.06. The van der Waals surface area contributed by atoms with Crippen LogP contribution in [0.4, 0.5) is 14.5 Å². The highest BCUT2D eigenvalue weighted by Gasteiger charge is 2.23. The van der Waals surface area contributed by atoms with Crippen molar-refractivity contribution in [1.82, 2.24) is 14.6 Å². The van der Waals surface area contributed by atoms with Gasteiger partial charge in [0.05, 0.1) is 22.6 Å². The zero-order chi connectivity index (χ0) is 14.2. The van der Waals surface area contributed by atoms with Crippen molar-refractivity contribution < 1.29 is 13.6 Å².